The van der Waals surface area contributed by atoms with Crippen LogP contribution in [0.25, 0.3) is 0 Å². The van der Waals surface area contributed by atoms with Crippen LogP contribution in [0.3, 0.4) is 0 Å². The normalized spacial score (nSPS) is 23.2. The van der Waals surface area contributed by atoms with Crippen molar-refractivity contribution in [2.24, 2.45) is 0 Å². The van der Waals surface area contributed by atoms with E-state index in [4.69, 9.17) is 21.1 Å². The Morgan fingerprint density at radius 1 is 1.14 bits per heavy atom. The molecule has 0 saturated carbocycles. The van der Waals surface area contributed by atoms with E-state index in [0.29, 0.717) is 24.8 Å². The van der Waals surface area contributed by atoms with Crippen LogP contribution in [0.1, 0.15) is 0 Å². The maximum atomic E-state index is 10.0. The standard InChI is InChI=1S/C16H25ClN2O3/c1-18-6-8-19(9-7-18)12-15(20)13-21-10-11-22-16-4-2-14(17)3-5-16/h2-5,15,20H,6-13H2,1H3/p+2/t15-/m1/s1. The molecule has 0 bridgehead atoms. The molecule has 1 saturated heterocycles. The van der Waals surface area contributed by atoms with Crippen molar-refractivity contribution in [1.29, 1.82) is 0 Å². The molecule has 1 aliphatic rings. The number of rotatable bonds is 8. The van der Waals surface area contributed by atoms with Crippen LogP contribution < -0.4 is 14.5 Å². The zero-order valence-electron chi connectivity index (χ0n) is 13.2. The lowest BCUT2D eigenvalue weighted by atomic mass is 10.3. The first-order chi connectivity index (χ1) is 10.6. The highest BCUT2D eigenvalue weighted by molar-refractivity contribution is 6.30. The van der Waals surface area contributed by atoms with Crippen LogP contribution in [0.4, 0.5) is 0 Å². The van der Waals surface area contributed by atoms with Gasteiger partial charge in [0.15, 0.2) is 0 Å². The Morgan fingerprint density at radius 3 is 2.50 bits per heavy atom. The lowest BCUT2D eigenvalue weighted by molar-refractivity contribution is -1.00. The maximum absolute atomic E-state index is 10.0. The van der Waals surface area contributed by atoms with E-state index in [2.05, 4.69) is 7.05 Å². The predicted molar refractivity (Wildman–Crippen MR) is 86.0 cm³/mol. The van der Waals surface area contributed by atoms with Gasteiger partial charge in [0, 0.05) is 5.02 Å². The Morgan fingerprint density at radius 2 is 1.82 bits per heavy atom. The zero-order valence-corrected chi connectivity index (χ0v) is 13.9. The molecular weight excluding hydrogens is 304 g/mol. The minimum Gasteiger partial charge on any atom is -0.491 e. The minimum absolute atomic E-state index is 0.371. The van der Waals surface area contributed by atoms with E-state index in [-0.39, 0.29) is 0 Å². The maximum Gasteiger partial charge on any atom is 0.127 e. The highest BCUT2D eigenvalue weighted by Crippen LogP contribution is 2.15. The van der Waals surface area contributed by atoms with Crippen LogP contribution in [0.5, 0.6) is 5.75 Å². The van der Waals surface area contributed by atoms with E-state index in [0.717, 1.165) is 25.4 Å². The molecule has 5 nitrogen and oxygen atoms in total. The average Bonchev–Trinajstić information content (AvgIpc) is 2.51. The fraction of sp³-hybridized carbons (Fsp3) is 0.625. The zero-order chi connectivity index (χ0) is 15.8. The molecule has 2 rings (SSSR count). The van der Waals surface area contributed by atoms with Gasteiger partial charge in [0.25, 0.3) is 0 Å². The van der Waals surface area contributed by atoms with Gasteiger partial charge in [0.1, 0.15) is 51.2 Å². The van der Waals surface area contributed by atoms with Crippen molar-refractivity contribution in [1.82, 2.24) is 0 Å². The molecule has 0 spiro atoms. The first kappa shape index (κ1) is 17.5. The monoisotopic (exact) mass is 330 g/mol. The largest absolute Gasteiger partial charge is 0.491 e. The molecule has 1 aromatic carbocycles. The first-order valence-electron chi connectivity index (χ1n) is 7.92. The third-order valence-corrected chi connectivity index (χ3v) is 4.21. The van der Waals surface area contributed by atoms with Gasteiger partial charge in [-0.15, -0.1) is 0 Å². The van der Waals surface area contributed by atoms with E-state index < -0.39 is 6.10 Å². The number of aliphatic hydroxyl groups is 1. The van der Waals surface area contributed by atoms with Gasteiger partial charge in [-0.05, 0) is 24.3 Å². The van der Waals surface area contributed by atoms with Crippen molar-refractivity contribution in [3.63, 3.8) is 0 Å². The number of piperazine rings is 1. The van der Waals surface area contributed by atoms with Gasteiger partial charge in [-0.3, -0.25) is 0 Å². The number of aliphatic hydroxyl groups excluding tert-OH is 1. The summed E-state index contributed by atoms with van der Waals surface area (Å²) in [6.07, 6.45) is -0.399. The number of ether oxygens (including phenoxy) is 2. The number of likely N-dealkylation sites (N-methyl/N-ethyl adjacent to an activating group) is 1. The number of hydrogen-bond donors (Lipinski definition) is 3. The summed E-state index contributed by atoms with van der Waals surface area (Å²) in [6.45, 7) is 6.70. The van der Waals surface area contributed by atoms with Gasteiger partial charge >= 0.3 is 0 Å². The van der Waals surface area contributed by atoms with Gasteiger partial charge in [-0.2, -0.15) is 0 Å². The molecule has 124 valence electrons. The van der Waals surface area contributed by atoms with E-state index in [1.54, 1.807) is 17.0 Å². The summed E-state index contributed by atoms with van der Waals surface area (Å²) >= 11 is 5.81. The molecule has 0 radical (unpaired) electrons. The fourth-order valence-corrected chi connectivity index (χ4v) is 2.72. The molecule has 1 aliphatic heterocycles. The summed E-state index contributed by atoms with van der Waals surface area (Å²) < 4.78 is 11.0. The van der Waals surface area contributed by atoms with Crippen LogP contribution in [-0.2, 0) is 4.74 Å². The molecule has 3 N–H and O–H groups in total. The second-order valence-corrected chi connectivity index (χ2v) is 6.38. The molecule has 0 amide bonds. The number of hydrogen-bond acceptors (Lipinski definition) is 3. The van der Waals surface area contributed by atoms with Crippen LogP contribution in [0.15, 0.2) is 24.3 Å². The predicted octanol–water partition coefficient (Wildman–Crippen LogP) is -1.49. The lowest BCUT2D eigenvalue weighted by Gasteiger charge is -2.28. The molecule has 6 heteroatoms. The summed E-state index contributed by atoms with van der Waals surface area (Å²) in [6, 6.07) is 7.25. The van der Waals surface area contributed by atoms with Crippen molar-refractivity contribution in [2.45, 2.75) is 6.10 Å². The van der Waals surface area contributed by atoms with Crippen LogP contribution in [0.2, 0.25) is 5.02 Å². The van der Waals surface area contributed by atoms with Crippen LogP contribution in [0, 0.1) is 0 Å². The topological polar surface area (TPSA) is 47.6 Å². The molecule has 22 heavy (non-hydrogen) atoms. The van der Waals surface area contributed by atoms with Crippen molar-refractivity contribution < 1.29 is 24.4 Å². The summed E-state index contributed by atoms with van der Waals surface area (Å²) in [5, 5.41) is 10.7. The number of quaternary nitrogens is 2. The third kappa shape index (κ3) is 6.50. The molecule has 0 unspecified atom stereocenters. The highest BCUT2D eigenvalue weighted by atomic mass is 35.5. The highest BCUT2D eigenvalue weighted by Gasteiger charge is 2.22. The van der Waals surface area contributed by atoms with Gasteiger partial charge in [0.05, 0.1) is 20.3 Å². The Bertz CT molecular complexity index is 422. The molecule has 1 aromatic rings. The Labute approximate surface area is 137 Å². The quantitative estimate of drug-likeness (QED) is 0.509. The summed E-state index contributed by atoms with van der Waals surface area (Å²) in [4.78, 5) is 3.05. The second-order valence-electron chi connectivity index (χ2n) is 5.94. The van der Waals surface area contributed by atoms with E-state index in [1.165, 1.54) is 18.0 Å². The SMILES string of the molecule is C[NH+]1CC[NH+](C[C@@H](O)COCCOc2ccc(Cl)cc2)CC1. The Kier molecular flexibility index (Phi) is 7.42. The van der Waals surface area contributed by atoms with Gasteiger partial charge in [-0.25, -0.2) is 0 Å². The minimum atomic E-state index is -0.399. The second kappa shape index (κ2) is 9.33. The number of nitrogens with one attached hydrogen (secondary N) is 2. The van der Waals surface area contributed by atoms with Crippen LogP contribution in [-0.4, -0.2) is 70.8 Å². The molecular formula is C16H27ClN2O3+2. The van der Waals surface area contributed by atoms with E-state index in [1.807, 2.05) is 12.1 Å². The molecule has 0 aliphatic carbocycles. The van der Waals surface area contributed by atoms with E-state index in [9.17, 15) is 5.11 Å². The Hall–Kier alpha value is -0.850. The molecule has 1 heterocycles. The smallest absolute Gasteiger partial charge is 0.127 e. The lowest BCUT2D eigenvalue weighted by Crippen LogP contribution is -3.27. The fourth-order valence-electron chi connectivity index (χ4n) is 2.60. The van der Waals surface area contributed by atoms with Gasteiger partial charge in [-0.1, -0.05) is 11.6 Å². The number of benzene rings is 1. The average molecular weight is 331 g/mol. The van der Waals surface area contributed by atoms with E-state index >= 15 is 0 Å². The first-order valence-corrected chi connectivity index (χ1v) is 8.30. The van der Waals surface area contributed by atoms with Gasteiger partial charge < -0.3 is 24.4 Å². The van der Waals surface area contributed by atoms with Crippen molar-refractivity contribution in [3.05, 3.63) is 29.3 Å². The molecule has 0 aromatic heterocycles. The van der Waals surface area contributed by atoms with Crippen molar-refractivity contribution in [3.8, 4) is 5.75 Å². The number of halogens is 1. The molecule has 1 atom stereocenters. The summed E-state index contributed by atoms with van der Waals surface area (Å²) in [5.41, 5.74) is 0. The summed E-state index contributed by atoms with van der Waals surface area (Å²) in [7, 11) is 2.22. The van der Waals surface area contributed by atoms with Gasteiger partial charge in [0.2, 0.25) is 0 Å². The van der Waals surface area contributed by atoms with Crippen molar-refractivity contribution >= 4 is 11.6 Å². The Balaban J connectivity index is 1.51. The van der Waals surface area contributed by atoms with Crippen molar-refractivity contribution in [2.75, 3.05) is 59.6 Å². The summed E-state index contributed by atoms with van der Waals surface area (Å²) in [5.74, 6) is 0.776. The molecule has 1 fully saturated rings. The third-order valence-electron chi connectivity index (χ3n) is 3.96. The van der Waals surface area contributed by atoms with Crippen LogP contribution >= 0.6 is 11.6 Å².